The Hall–Kier alpha value is -3.47. The van der Waals surface area contributed by atoms with Crippen LogP contribution in [0.5, 0.6) is 0 Å². The summed E-state index contributed by atoms with van der Waals surface area (Å²) >= 11 is 0. The van der Waals surface area contributed by atoms with Gasteiger partial charge in [0.1, 0.15) is 6.33 Å². The van der Waals surface area contributed by atoms with E-state index in [1.807, 2.05) is 30.5 Å². The maximum atomic E-state index is 13.7. The minimum atomic E-state index is -0.642. The minimum Gasteiger partial charge on any atom is -0.481 e. The van der Waals surface area contributed by atoms with Crippen LogP contribution in [0, 0.1) is 62.6 Å². The lowest BCUT2D eigenvalue weighted by Gasteiger charge is -2.71. The molecule has 10 nitrogen and oxygen atoms in total. The van der Waals surface area contributed by atoms with Crippen LogP contribution in [0.1, 0.15) is 114 Å². The van der Waals surface area contributed by atoms with E-state index in [2.05, 4.69) is 96.0 Å². The quantitative estimate of drug-likeness (QED) is 0.192. The topological polar surface area (TPSA) is 138 Å². The molecule has 12 atom stereocenters. The fourth-order valence-electron chi connectivity index (χ4n) is 13.5. The van der Waals surface area contributed by atoms with Gasteiger partial charge in [-0.3, -0.25) is 14.8 Å². The van der Waals surface area contributed by atoms with Gasteiger partial charge in [-0.1, -0.05) is 80.0 Å². The van der Waals surface area contributed by atoms with E-state index in [1.165, 1.54) is 5.57 Å². The van der Waals surface area contributed by atoms with Crippen LogP contribution >= 0.6 is 0 Å². The van der Waals surface area contributed by atoms with Crippen molar-refractivity contribution in [2.24, 2.45) is 68.3 Å². The summed E-state index contributed by atoms with van der Waals surface area (Å²) in [4.78, 5) is 27.9. The summed E-state index contributed by atoms with van der Waals surface area (Å²) in [5, 5.41) is 16.3. The van der Waals surface area contributed by atoms with Crippen molar-refractivity contribution in [2.75, 3.05) is 19.8 Å². The number of allylic oxidation sites excluding steroid dienone is 1. The zero-order valence-corrected chi connectivity index (χ0v) is 36.7. The third kappa shape index (κ3) is 6.00. The van der Waals surface area contributed by atoms with E-state index >= 15 is 0 Å². The largest absolute Gasteiger partial charge is 0.481 e. The van der Waals surface area contributed by atoms with Gasteiger partial charge in [-0.2, -0.15) is 5.10 Å². The van der Waals surface area contributed by atoms with Crippen LogP contribution < -0.4 is 5.73 Å². The number of hydrogen-bond acceptors (Lipinski definition) is 8. The minimum absolute atomic E-state index is 0.150. The highest BCUT2D eigenvalue weighted by atomic mass is 16.5. The van der Waals surface area contributed by atoms with E-state index in [0.717, 1.165) is 61.3 Å². The second kappa shape index (κ2) is 14.3. The van der Waals surface area contributed by atoms with Crippen molar-refractivity contribution in [1.29, 1.82) is 0 Å². The Bertz CT molecular complexity index is 2050. The number of hydrogen-bond donors (Lipinski definition) is 2. The third-order valence-electron chi connectivity index (χ3n) is 17.7. The smallest absolute Gasteiger partial charge is 0.307 e. The molecule has 10 heteroatoms. The third-order valence-corrected chi connectivity index (χ3v) is 17.7. The molecule has 0 aromatic carbocycles. The van der Waals surface area contributed by atoms with Crippen LogP contribution in [0.2, 0.25) is 0 Å². The number of carboxylic acids is 1. The zero-order valence-electron chi connectivity index (χ0n) is 36.7. The Morgan fingerprint density at radius 3 is 2.45 bits per heavy atom. The highest BCUT2D eigenvalue weighted by Crippen LogP contribution is 2.75. The standard InChI is InChI=1S/C48H68N6O4/c1-29(2)31(5)44(7)19-20-45(8)33-14-15-38-43(6)24-37(54-41(52-28-53-54)32-17-22-51-36(23-32)35-13-11-12-21-50-35)40(58-26-47(10,49)30(3)4)48(38,27-57-25-43)34(33)16-18-46(45,9)39(44)42(55)56/h11-13,16-17,21-23,28-31,33,37-40H,14-15,18-20,24-27,49H2,1-10H3,(H,55,56)/t31-,33+,37-,38-,39-,40+,43-,44-,45-,46+,47+,48+/m1/s1. The molecule has 0 radical (unpaired) electrons. The molecule has 3 saturated carbocycles. The maximum Gasteiger partial charge on any atom is 0.307 e. The van der Waals surface area contributed by atoms with Crippen LogP contribution in [-0.4, -0.2) is 67.3 Å². The number of carbonyl (C=O) groups is 1. The molecular weight excluding hydrogens is 725 g/mol. The van der Waals surface area contributed by atoms with Gasteiger partial charge in [0.05, 0.1) is 49.3 Å². The van der Waals surface area contributed by atoms with Crippen molar-refractivity contribution < 1.29 is 19.4 Å². The van der Waals surface area contributed by atoms with Crippen molar-refractivity contribution in [3.05, 3.63) is 60.7 Å². The SMILES string of the molecule is CC(C)[C@@H](C)[C@@]1(C)CC[C@]2(C)[C@H]3CC[C@@H]4[C@@]5(C)COC[C@@]4(C3=CC[C@@]2(C)[C@@H]1C(=O)O)[C@@H](OC[C@](C)(N)C(C)C)[C@H](n1ncnc1-c1ccnc(-c2ccccn2)c1)C5. The summed E-state index contributed by atoms with van der Waals surface area (Å²) in [5.41, 5.74) is 8.87. The van der Waals surface area contributed by atoms with Gasteiger partial charge in [-0.05, 0) is 121 Å². The first-order chi connectivity index (χ1) is 27.3. The second-order valence-electron chi connectivity index (χ2n) is 21.2. The molecule has 0 unspecified atom stereocenters. The summed E-state index contributed by atoms with van der Waals surface area (Å²) in [7, 11) is 0. The first kappa shape index (κ1) is 41.3. The Balaban J connectivity index is 1.28. The Morgan fingerprint density at radius 2 is 1.76 bits per heavy atom. The molecule has 4 fully saturated rings. The van der Waals surface area contributed by atoms with Gasteiger partial charge >= 0.3 is 5.97 Å². The highest BCUT2D eigenvalue weighted by Gasteiger charge is 2.73. The summed E-state index contributed by atoms with van der Waals surface area (Å²) in [6, 6.07) is 9.76. The summed E-state index contributed by atoms with van der Waals surface area (Å²) in [6.07, 6.45) is 13.0. The number of rotatable bonds is 10. The van der Waals surface area contributed by atoms with Gasteiger partial charge in [0, 0.05) is 28.9 Å². The molecule has 4 heterocycles. The Morgan fingerprint density at radius 1 is 1.00 bits per heavy atom. The van der Waals surface area contributed by atoms with Crippen LogP contribution in [0.4, 0.5) is 0 Å². The molecule has 0 amide bonds. The van der Waals surface area contributed by atoms with Crippen molar-refractivity contribution in [1.82, 2.24) is 24.7 Å². The van der Waals surface area contributed by atoms with E-state index in [9.17, 15) is 9.90 Å². The molecule has 5 aliphatic rings. The van der Waals surface area contributed by atoms with Crippen LogP contribution in [0.3, 0.4) is 0 Å². The van der Waals surface area contributed by atoms with Gasteiger partial charge < -0.3 is 20.3 Å². The molecule has 0 spiro atoms. The van der Waals surface area contributed by atoms with E-state index < -0.39 is 28.3 Å². The number of nitrogens with zero attached hydrogens (tertiary/aromatic N) is 5. The number of ether oxygens (including phenoxy) is 2. The van der Waals surface area contributed by atoms with Gasteiger partial charge in [0.15, 0.2) is 5.82 Å². The van der Waals surface area contributed by atoms with E-state index in [0.29, 0.717) is 31.7 Å². The number of aromatic nitrogens is 5. The first-order valence-corrected chi connectivity index (χ1v) is 22.0. The number of pyridine rings is 2. The molecule has 58 heavy (non-hydrogen) atoms. The van der Waals surface area contributed by atoms with Gasteiger partial charge in [-0.25, -0.2) is 9.67 Å². The highest BCUT2D eigenvalue weighted by molar-refractivity contribution is 5.73. The molecule has 314 valence electrons. The molecule has 3 N–H and O–H groups in total. The number of nitrogens with two attached hydrogens (primary N) is 1. The summed E-state index contributed by atoms with van der Waals surface area (Å²) in [5.74, 6) is 1.07. The molecule has 3 aromatic rings. The molecule has 1 saturated heterocycles. The lowest BCUT2D eigenvalue weighted by molar-refractivity contribution is -0.254. The second-order valence-corrected chi connectivity index (χ2v) is 21.2. The summed E-state index contributed by atoms with van der Waals surface area (Å²) < 4.78 is 16.4. The van der Waals surface area contributed by atoms with Gasteiger partial charge in [0.2, 0.25) is 0 Å². The summed E-state index contributed by atoms with van der Waals surface area (Å²) in [6.45, 7) is 24.3. The predicted molar refractivity (Wildman–Crippen MR) is 226 cm³/mol. The normalized spacial score (nSPS) is 38.6. The molecule has 2 bridgehead atoms. The van der Waals surface area contributed by atoms with E-state index in [-0.39, 0.29) is 46.1 Å². The van der Waals surface area contributed by atoms with Crippen LogP contribution in [0.25, 0.3) is 22.8 Å². The fraction of sp³-hybridized carbons (Fsp3) is 0.688. The Labute approximate surface area is 346 Å². The monoisotopic (exact) mass is 793 g/mol. The predicted octanol–water partition coefficient (Wildman–Crippen LogP) is 9.29. The molecular formula is C48H68N6O4. The molecule has 8 rings (SSSR count). The fourth-order valence-corrected chi connectivity index (χ4v) is 13.5. The van der Waals surface area contributed by atoms with Crippen LogP contribution in [0.15, 0.2) is 60.7 Å². The maximum absolute atomic E-state index is 13.7. The molecule has 4 aliphatic carbocycles. The number of aliphatic carboxylic acids is 1. The number of fused-ring (bicyclic) bond motifs is 3. The average molecular weight is 793 g/mol. The van der Waals surface area contributed by atoms with Crippen molar-refractivity contribution in [3.8, 4) is 22.8 Å². The zero-order chi connectivity index (χ0) is 41.6. The lowest BCUT2D eigenvalue weighted by atomic mass is 9.34. The van der Waals surface area contributed by atoms with E-state index in [1.54, 1.807) is 12.5 Å². The first-order valence-electron chi connectivity index (χ1n) is 22.0. The van der Waals surface area contributed by atoms with Crippen molar-refractivity contribution >= 4 is 5.97 Å². The average Bonchev–Trinajstić information content (AvgIpc) is 3.68. The lowest BCUT2D eigenvalue weighted by Crippen LogP contribution is -2.70. The molecule has 1 aliphatic heterocycles. The Kier molecular flexibility index (Phi) is 10.2. The van der Waals surface area contributed by atoms with E-state index in [4.69, 9.17) is 25.3 Å². The number of carboxylic acid groups (broad SMARTS) is 1. The van der Waals surface area contributed by atoms with Crippen molar-refractivity contribution in [2.45, 2.75) is 125 Å². The molecule has 3 aromatic heterocycles. The van der Waals surface area contributed by atoms with Gasteiger partial charge in [0.25, 0.3) is 0 Å². The van der Waals surface area contributed by atoms with Gasteiger partial charge in [-0.15, -0.1) is 0 Å². The van der Waals surface area contributed by atoms with Crippen LogP contribution in [-0.2, 0) is 14.3 Å². The van der Waals surface area contributed by atoms with Crippen molar-refractivity contribution in [3.63, 3.8) is 0 Å².